The topological polar surface area (TPSA) is 192 Å². The molecule has 1 fully saturated rings. The molecule has 32 heavy (non-hydrogen) atoms. The molecule has 1 aliphatic carbocycles. The van der Waals surface area contributed by atoms with E-state index in [1.54, 1.807) is 0 Å². The van der Waals surface area contributed by atoms with Gasteiger partial charge in [0.05, 0.1) is 36.0 Å². The van der Waals surface area contributed by atoms with Crippen molar-refractivity contribution in [2.24, 2.45) is 11.8 Å². The van der Waals surface area contributed by atoms with Crippen molar-refractivity contribution in [3.05, 3.63) is 35.6 Å². The van der Waals surface area contributed by atoms with Gasteiger partial charge in [-0.2, -0.15) is 0 Å². The lowest BCUT2D eigenvalue weighted by atomic mass is 9.78. The third kappa shape index (κ3) is 3.53. The first-order chi connectivity index (χ1) is 15.1. The lowest BCUT2D eigenvalue weighted by Gasteiger charge is -2.44. The lowest BCUT2D eigenvalue weighted by Crippen LogP contribution is -2.60. The van der Waals surface area contributed by atoms with Crippen molar-refractivity contribution in [2.45, 2.75) is 55.6 Å². The summed E-state index contributed by atoms with van der Waals surface area (Å²) in [6.07, 6.45) is -4.95. The molecule has 4 aliphatic rings. The second-order valence-electron chi connectivity index (χ2n) is 8.15. The predicted molar refractivity (Wildman–Crippen MR) is 100 cm³/mol. The van der Waals surface area contributed by atoms with Crippen LogP contribution in [0, 0.1) is 11.8 Å². The molecule has 6 N–H and O–H groups in total. The van der Waals surface area contributed by atoms with Gasteiger partial charge in [-0.15, -0.1) is 0 Å². The van der Waals surface area contributed by atoms with Crippen LogP contribution in [0.1, 0.15) is 6.92 Å². The van der Waals surface area contributed by atoms with Crippen LogP contribution in [0.4, 0.5) is 0 Å². The zero-order chi connectivity index (χ0) is 23.4. The average molecular weight is 456 g/mol. The molecule has 176 valence electrons. The third-order valence-corrected chi connectivity index (χ3v) is 6.15. The van der Waals surface area contributed by atoms with E-state index >= 15 is 0 Å². The number of aliphatic carboxylic acids is 1. The van der Waals surface area contributed by atoms with Gasteiger partial charge in [0, 0.05) is 5.92 Å². The number of carboxylic acids is 1. The maximum Gasteiger partial charge on any atom is 0.337 e. The summed E-state index contributed by atoms with van der Waals surface area (Å²) in [6.45, 7) is 0.708. The number of rotatable bonds is 5. The van der Waals surface area contributed by atoms with Crippen molar-refractivity contribution in [1.82, 2.24) is 0 Å². The molecule has 0 radical (unpaired) electrons. The number of aliphatic hydroxyl groups excluding tert-OH is 5. The number of carbonyl (C=O) groups excluding carboxylic acids is 1. The molecular formula is C20H24O12. The van der Waals surface area contributed by atoms with E-state index in [1.165, 1.54) is 25.2 Å². The van der Waals surface area contributed by atoms with Gasteiger partial charge < -0.3 is 49.6 Å². The largest absolute Gasteiger partial charge is 0.478 e. The molecule has 3 heterocycles. The van der Waals surface area contributed by atoms with Crippen molar-refractivity contribution in [3.63, 3.8) is 0 Å². The Morgan fingerprint density at radius 1 is 1.22 bits per heavy atom. The highest BCUT2D eigenvalue weighted by atomic mass is 16.8. The van der Waals surface area contributed by atoms with Crippen molar-refractivity contribution in [2.75, 3.05) is 6.61 Å². The maximum atomic E-state index is 12.3. The fraction of sp³-hybridized carbons (Fsp3) is 0.600. The van der Waals surface area contributed by atoms with Crippen LogP contribution in [0.5, 0.6) is 0 Å². The molecule has 3 aliphatic heterocycles. The summed E-state index contributed by atoms with van der Waals surface area (Å²) < 4.78 is 22.1. The van der Waals surface area contributed by atoms with E-state index in [-0.39, 0.29) is 11.1 Å². The summed E-state index contributed by atoms with van der Waals surface area (Å²) in [5.74, 6) is -3.86. The number of aliphatic hydroxyl groups is 5. The van der Waals surface area contributed by atoms with E-state index in [2.05, 4.69) is 0 Å². The van der Waals surface area contributed by atoms with Crippen molar-refractivity contribution in [3.8, 4) is 0 Å². The highest BCUT2D eigenvalue weighted by Crippen LogP contribution is 2.50. The molecule has 0 saturated carbocycles. The Morgan fingerprint density at radius 2 is 1.94 bits per heavy atom. The zero-order valence-electron chi connectivity index (χ0n) is 16.8. The summed E-state index contributed by atoms with van der Waals surface area (Å²) >= 11 is 0. The van der Waals surface area contributed by atoms with E-state index in [0.29, 0.717) is 0 Å². The summed E-state index contributed by atoms with van der Waals surface area (Å²) in [7, 11) is 0. The lowest BCUT2D eigenvalue weighted by molar-refractivity contribution is -0.344. The molecule has 1 spiro atoms. The SMILES string of the molecule is C[C@H](O)C1=C[C@@]2(C=C[C@@H]3C(C(=O)O)=CO[C@H](OC4OC(CO)C(O)C(O)C4O)[C@@H]32)OC1=O. The van der Waals surface area contributed by atoms with Crippen LogP contribution >= 0.6 is 0 Å². The van der Waals surface area contributed by atoms with E-state index in [0.717, 1.165) is 6.26 Å². The fourth-order valence-corrected chi connectivity index (χ4v) is 4.46. The second kappa shape index (κ2) is 8.23. The average Bonchev–Trinajstić information content (AvgIpc) is 3.28. The molecule has 0 aromatic rings. The molecule has 1 saturated heterocycles. The van der Waals surface area contributed by atoms with Crippen LogP contribution in [0.3, 0.4) is 0 Å². The van der Waals surface area contributed by atoms with Crippen LogP contribution < -0.4 is 0 Å². The molecule has 4 rings (SSSR count). The monoisotopic (exact) mass is 456 g/mol. The molecule has 0 aromatic carbocycles. The van der Waals surface area contributed by atoms with Gasteiger partial charge in [-0.1, -0.05) is 6.08 Å². The van der Waals surface area contributed by atoms with Crippen molar-refractivity contribution < 1.29 is 59.2 Å². The van der Waals surface area contributed by atoms with Gasteiger partial charge in [0.2, 0.25) is 6.29 Å². The van der Waals surface area contributed by atoms with Crippen LogP contribution in [-0.2, 0) is 28.5 Å². The molecule has 0 aromatic heterocycles. The minimum atomic E-state index is -1.72. The maximum absolute atomic E-state index is 12.3. The summed E-state index contributed by atoms with van der Waals surface area (Å²) in [6, 6.07) is 0. The van der Waals surface area contributed by atoms with Crippen LogP contribution in [0.2, 0.25) is 0 Å². The van der Waals surface area contributed by atoms with Gasteiger partial charge in [0.25, 0.3) is 0 Å². The Bertz CT molecular complexity index is 876. The van der Waals surface area contributed by atoms with Gasteiger partial charge >= 0.3 is 11.9 Å². The first kappa shape index (κ1) is 22.9. The van der Waals surface area contributed by atoms with Gasteiger partial charge in [-0.3, -0.25) is 0 Å². The molecule has 0 amide bonds. The van der Waals surface area contributed by atoms with E-state index in [9.17, 15) is 40.2 Å². The van der Waals surface area contributed by atoms with Crippen LogP contribution in [0.15, 0.2) is 35.6 Å². The van der Waals surface area contributed by atoms with Gasteiger partial charge in [0.15, 0.2) is 11.9 Å². The van der Waals surface area contributed by atoms with Crippen molar-refractivity contribution in [1.29, 1.82) is 0 Å². The second-order valence-corrected chi connectivity index (χ2v) is 8.15. The number of carbonyl (C=O) groups is 2. The molecule has 12 nitrogen and oxygen atoms in total. The first-order valence-electron chi connectivity index (χ1n) is 9.98. The summed E-state index contributed by atoms with van der Waals surface area (Å²) in [4.78, 5) is 24.0. The van der Waals surface area contributed by atoms with Gasteiger partial charge in [-0.05, 0) is 19.1 Å². The highest BCUT2D eigenvalue weighted by Gasteiger charge is 2.59. The molecule has 0 bridgehead atoms. The Kier molecular flexibility index (Phi) is 5.88. The standard InChI is InChI=1S/C20H24O12/c1-7(22)9-4-20(32-17(9)28)3-2-8-10(16(26)27)6-29-18(12(8)20)31-19-15(25)14(24)13(23)11(5-21)30-19/h2-4,6-8,11-15,18-19,21-25H,5H2,1H3,(H,26,27)/t7-,8+,11?,12+,13?,14?,15?,18+,19?,20+/m0/s1. The Labute approximate surface area is 181 Å². The number of hydrogen-bond acceptors (Lipinski definition) is 11. The van der Waals surface area contributed by atoms with Crippen LogP contribution in [0.25, 0.3) is 0 Å². The molecule has 5 unspecified atom stereocenters. The summed E-state index contributed by atoms with van der Waals surface area (Å²) in [5.41, 5.74) is -1.65. The number of carboxylic acid groups (broad SMARTS) is 1. The minimum Gasteiger partial charge on any atom is -0.478 e. The third-order valence-electron chi connectivity index (χ3n) is 6.15. The number of fused-ring (bicyclic) bond motifs is 2. The van der Waals surface area contributed by atoms with Gasteiger partial charge in [0.1, 0.15) is 24.4 Å². The fourth-order valence-electron chi connectivity index (χ4n) is 4.46. The van der Waals surface area contributed by atoms with E-state index in [4.69, 9.17) is 18.9 Å². The molecule has 12 heteroatoms. The van der Waals surface area contributed by atoms with Crippen molar-refractivity contribution >= 4 is 11.9 Å². The minimum absolute atomic E-state index is 0.0201. The number of allylic oxidation sites excluding steroid dienone is 1. The number of ether oxygens (including phenoxy) is 4. The Balaban J connectivity index is 1.67. The van der Waals surface area contributed by atoms with Crippen LogP contribution in [-0.4, -0.2) is 97.9 Å². The van der Waals surface area contributed by atoms with E-state index in [1.807, 2.05) is 0 Å². The quantitative estimate of drug-likeness (QED) is 0.189. The molecular weight excluding hydrogens is 432 g/mol. The Morgan fingerprint density at radius 3 is 2.53 bits per heavy atom. The smallest absolute Gasteiger partial charge is 0.337 e. The normalized spacial score (nSPS) is 43.9. The zero-order valence-corrected chi connectivity index (χ0v) is 16.8. The Hall–Kier alpha value is -2.32. The van der Waals surface area contributed by atoms with E-state index < -0.39 is 79.1 Å². The summed E-state index contributed by atoms with van der Waals surface area (Å²) in [5, 5.41) is 59.1. The van der Waals surface area contributed by atoms with Gasteiger partial charge in [-0.25, -0.2) is 9.59 Å². The highest BCUT2D eigenvalue weighted by molar-refractivity contribution is 5.93. The number of esters is 1. The predicted octanol–water partition coefficient (Wildman–Crippen LogP) is -2.47. The first-order valence-corrected chi connectivity index (χ1v) is 9.98. The number of hydrogen-bond donors (Lipinski definition) is 6. The molecule has 10 atom stereocenters.